The Morgan fingerprint density at radius 3 is 2.71 bits per heavy atom. The van der Waals surface area contributed by atoms with E-state index in [-0.39, 0.29) is 5.92 Å². The van der Waals surface area contributed by atoms with Crippen LogP contribution >= 0.6 is 0 Å². The molecule has 0 N–H and O–H groups in total. The van der Waals surface area contributed by atoms with Crippen LogP contribution in [0.5, 0.6) is 0 Å². The van der Waals surface area contributed by atoms with Crippen molar-refractivity contribution in [3.8, 4) is 0 Å². The van der Waals surface area contributed by atoms with E-state index < -0.39 is 12.1 Å². The van der Waals surface area contributed by atoms with E-state index in [2.05, 4.69) is 9.57 Å². The van der Waals surface area contributed by atoms with E-state index >= 15 is 0 Å². The zero-order valence-electron chi connectivity index (χ0n) is 8.19. The molecule has 1 saturated heterocycles. The molecule has 1 atom stereocenters. The highest BCUT2D eigenvalue weighted by molar-refractivity contribution is 5.85. The van der Waals surface area contributed by atoms with Gasteiger partial charge >= 0.3 is 12.1 Å². The van der Waals surface area contributed by atoms with Gasteiger partial charge in [0.1, 0.15) is 0 Å². The number of rotatable bonds is 2. The van der Waals surface area contributed by atoms with Crippen LogP contribution < -0.4 is 0 Å². The van der Waals surface area contributed by atoms with Crippen molar-refractivity contribution in [2.24, 2.45) is 5.92 Å². The normalized spacial score (nSPS) is 20.6. The van der Waals surface area contributed by atoms with Gasteiger partial charge in [-0.1, -0.05) is 0 Å². The third-order valence-electron chi connectivity index (χ3n) is 1.98. The number of hydrogen-bond acceptors (Lipinski definition) is 5. The topological polar surface area (TPSA) is 65.1 Å². The molecule has 1 aliphatic heterocycles. The van der Waals surface area contributed by atoms with Gasteiger partial charge in [-0.3, -0.25) is 9.63 Å². The third kappa shape index (κ3) is 2.68. The van der Waals surface area contributed by atoms with Crippen molar-refractivity contribution in [2.45, 2.75) is 6.42 Å². The van der Waals surface area contributed by atoms with Gasteiger partial charge in [0.25, 0.3) is 0 Å². The van der Waals surface area contributed by atoms with E-state index in [9.17, 15) is 9.59 Å². The molecule has 0 aliphatic carbocycles. The van der Waals surface area contributed by atoms with Gasteiger partial charge in [0.15, 0.2) is 0 Å². The van der Waals surface area contributed by atoms with E-state index in [1.54, 1.807) is 0 Å². The van der Waals surface area contributed by atoms with Crippen molar-refractivity contribution in [3.05, 3.63) is 0 Å². The van der Waals surface area contributed by atoms with Crippen molar-refractivity contribution >= 4 is 12.1 Å². The van der Waals surface area contributed by atoms with Crippen LogP contribution in [-0.2, 0) is 19.1 Å². The molecule has 6 nitrogen and oxygen atoms in total. The van der Waals surface area contributed by atoms with E-state index in [1.807, 2.05) is 0 Å². The molecule has 0 saturated carbocycles. The first kappa shape index (κ1) is 10.9. The second-order valence-corrected chi connectivity index (χ2v) is 2.93. The molecule has 0 aromatic heterocycles. The van der Waals surface area contributed by atoms with Crippen LogP contribution in [-0.4, -0.2) is 44.5 Å². The molecule has 6 heteroatoms. The molecule has 1 aliphatic rings. The van der Waals surface area contributed by atoms with Crippen LogP contribution in [0, 0.1) is 5.92 Å². The fourth-order valence-electron chi connectivity index (χ4n) is 1.03. The summed E-state index contributed by atoms with van der Waals surface area (Å²) < 4.78 is 9.52. The summed E-state index contributed by atoms with van der Waals surface area (Å²) in [5.74, 6) is -0.888. The van der Waals surface area contributed by atoms with Crippen LogP contribution in [0.3, 0.4) is 0 Å². The molecule has 1 amide bonds. The van der Waals surface area contributed by atoms with E-state index in [0.29, 0.717) is 19.6 Å². The molecule has 0 spiro atoms. The van der Waals surface area contributed by atoms with Gasteiger partial charge in [-0.15, -0.1) is 0 Å². The quantitative estimate of drug-likeness (QED) is 0.364. The minimum atomic E-state index is -0.815. The molecule has 1 fully saturated rings. The van der Waals surface area contributed by atoms with Crippen LogP contribution in [0.2, 0.25) is 0 Å². The first-order chi connectivity index (χ1) is 6.65. The fraction of sp³-hybridized carbons (Fsp3) is 0.750. The van der Waals surface area contributed by atoms with Gasteiger partial charge in [0.2, 0.25) is 0 Å². The maximum absolute atomic E-state index is 11.3. The Bertz CT molecular complexity index is 224. The number of hydroxylamine groups is 2. The van der Waals surface area contributed by atoms with Crippen molar-refractivity contribution in [2.75, 3.05) is 27.4 Å². The summed E-state index contributed by atoms with van der Waals surface area (Å²) in [7, 11) is 2.67. The zero-order chi connectivity index (χ0) is 10.6. The lowest BCUT2D eigenvalue weighted by molar-refractivity contribution is -0.149. The largest absolute Gasteiger partial charge is 0.441 e. The van der Waals surface area contributed by atoms with Crippen LogP contribution in [0.25, 0.3) is 0 Å². The zero-order valence-corrected chi connectivity index (χ0v) is 8.19. The minimum Gasteiger partial charge on any atom is -0.381 e. The third-order valence-corrected chi connectivity index (χ3v) is 1.98. The van der Waals surface area contributed by atoms with Crippen LogP contribution in [0.1, 0.15) is 6.42 Å². The smallest absolute Gasteiger partial charge is 0.381 e. The van der Waals surface area contributed by atoms with E-state index in [1.165, 1.54) is 14.2 Å². The molecule has 80 valence electrons. The maximum atomic E-state index is 11.3. The Labute approximate surface area is 81.7 Å². The molecule has 0 radical (unpaired) electrons. The molecule has 1 rings (SSSR count). The summed E-state index contributed by atoms with van der Waals surface area (Å²) in [4.78, 5) is 26.9. The lowest BCUT2D eigenvalue weighted by Gasteiger charge is -2.13. The van der Waals surface area contributed by atoms with Gasteiger partial charge in [-0.25, -0.2) is 4.79 Å². The standard InChI is InChI=1S/C8H13NO5/c1-9(12-2)8(11)14-7(10)6-3-4-13-5-6/h6H,3-5H2,1-2H3/t6-/m1/s1. The van der Waals surface area contributed by atoms with Gasteiger partial charge in [0.05, 0.1) is 19.6 Å². The highest BCUT2D eigenvalue weighted by atomic mass is 16.7. The second kappa shape index (κ2) is 4.92. The van der Waals surface area contributed by atoms with Crippen molar-refractivity contribution in [3.63, 3.8) is 0 Å². The van der Waals surface area contributed by atoms with E-state index in [0.717, 1.165) is 5.06 Å². The van der Waals surface area contributed by atoms with E-state index in [4.69, 9.17) is 4.74 Å². The SMILES string of the molecule is CON(C)C(=O)OC(=O)[C@@H]1CCOC1. The molecule has 0 aromatic rings. The molecule has 14 heavy (non-hydrogen) atoms. The maximum Gasteiger partial charge on any atom is 0.441 e. The Hall–Kier alpha value is -1.14. The Morgan fingerprint density at radius 2 is 2.21 bits per heavy atom. The summed E-state index contributed by atoms with van der Waals surface area (Å²) in [6.45, 7) is 0.858. The number of esters is 1. The Morgan fingerprint density at radius 1 is 1.50 bits per heavy atom. The first-order valence-corrected chi connectivity index (χ1v) is 4.26. The number of ether oxygens (including phenoxy) is 2. The van der Waals surface area contributed by atoms with Gasteiger partial charge in [-0.05, 0) is 6.42 Å². The molecule has 0 aromatic carbocycles. The average Bonchev–Trinajstić information content (AvgIpc) is 2.69. The lowest BCUT2D eigenvalue weighted by atomic mass is 10.1. The number of amides is 1. The Balaban J connectivity index is 2.35. The molecular formula is C8H13NO5. The molecular weight excluding hydrogens is 190 g/mol. The van der Waals surface area contributed by atoms with Gasteiger partial charge in [-0.2, -0.15) is 5.06 Å². The number of nitrogens with zero attached hydrogens (tertiary/aromatic N) is 1. The van der Waals surface area contributed by atoms with Crippen molar-refractivity contribution in [1.82, 2.24) is 5.06 Å². The van der Waals surface area contributed by atoms with Crippen molar-refractivity contribution < 1.29 is 23.9 Å². The number of hydrogen-bond donors (Lipinski definition) is 0. The summed E-state index contributed by atoms with van der Waals surface area (Å²) in [6, 6.07) is 0. The van der Waals surface area contributed by atoms with Gasteiger partial charge in [0, 0.05) is 13.7 Å². The lowest BCUT2D eigenvalue weighted by Crippen LogP contribution is -2.31. The van der Waals surface area contributed by atoms with Crippen LogP contribution in [0.15, 0.2) is 0 Å². The summed E-state index contributed by atoms with van der Waals surface area (Å²) in [5, 5.41) is 0.841. The molecule has 1 heterocycles. The number of carbonyl (C=O) groups is 2. The predicted octanol–water partition coefficient (Wildman–Crippen LogP) is 0.179. The average molecular weight is 203 g/mol. The summed E-state index contributed by atoms with van der Waals surface area (Å²) in [6.07, 6.45) is -0.215. The summed E-state index contributed by atoms with van der Waals surface area (Å²) in [5.41, 5.74) is 0. The highest BCUT2D eigenvalue weighted by Crippen LogP contribution is 2.14. The monoisotopic (exact) mass is 203 g/mol. The number of carbonyl (C=O) groups excluding carboxylic acids is 2. The first-order valence-electron chi connectivity index (χ1n) is 4.26. The molecule has 0 unspecified atom stereocenters. The second-order valence-electron chi connectivity index (χ2n) is 2.93. The summed E-state index contributed by atoms with van der Waals surface area (Å²) >= 11 is 0. The fourth-order valence-corrected chi connectivity index (χ4v) is 1.03. The predicted molar refractivity (Wildman–Crippen MR) is 45.2 cm³/mol. The Kier molecular flexibility index (Phi) is 3.84. The molecule has 0 bridgehead atoms. The van der Waals surface area contributed by atoms with Crippen molar-refractivity contribution in [1.29, 1.82) is 0 Å². The minimum absolute atomic E-state index is 0.322. The van der Waals surface area contributed by atoms with Gasteiger partial charge < -0.3 is 9.47 Å². The highest BCUT2D eigenvalue weighted by Gasteiger charge is 2.27. The van der Waals surface area contributed by atoms with Crippen LogP contribution in [0.4, 0.5) is 4.79 Å².